The van der Waals surface area contributed by atoms with Crippen molar-refractivity contribution >= 4 is 11.8 Å². The van der Waals surface area contributed by atoms with Crippen LogP contribution in [0.4, 0.5) is 0 Å². The molecule has 2 N–H and O–H groups in total. The second-order valence-corrected chi connectivity index (χ2v) is 6.47. The molecule has 0 radical (unpaired) electrons. The second-order valence-electron chi connectivity index (χ2n) is 6.47. The first-order chi connectivity index (χ1) is 10.3. The zero-order chi connectivity index (χ0) is 17.3. The summed E-state index contributed by atoms with van der Waals surface area (Å²) in [6.07, 6.45) is 3.09. The third-order valence-corrected chi connectivity index (χ3v) is 4.45. The highest BCUT2D eigenvalue weighted by Gasteiger charge is 2.25. The summed E-state index contributed by atoms with van der Waals surface area (Å²) in [6.45, 7) is 10.5. The number of likely N-dealkylation sites (N-methyl/N-ethyl adjacent to an activating group) is 2. The van der Waals surface area contributed by atoms with Gasteiger partial charge < -0.3 is 15.5 Å². The fraction of sp³-hybridized carbons (Fsp3) is 0.882. The van der Waals surface area contributed by atoms with Crippen molar-refractivity contribution < 1.29 is 9.59 Å². The first-order valence-electron chi connectivity index (χ1n) is 8.50. The summed E-state index contributed by atoms with van der Waals surface area (Å²) in [4.78, 5) is 26.2. The molecule has 0 bridgehead atoms. The molecular formula is C17H35N3O2. The minimum absolute atomic E-state index is 0.0225. The Morgan fingerprint density at radius 2 is 1.73 bits per heavy atom. The van der Waals surface area contributed by atoms with Crippen molar-refractivity contribution in [2.24, 2.45) is 11.8 Å². The molecule has 130 valence electrons. The van der Waals surface area contributed by atoms with Gasteiger partial charge >= 0.3 is 0 Å². The lowest BCUT2D eigenvalue weighted by Crippen LogP contribution is -2.50. The summed E-state index contributed by atoms with van der Waals surface area (Å²) in [5.41, 5.74) is 0. The molecule has 22 heavy (non-hydrogen) atoms. The summed E-state index contributed by atoms with van der Waals surface area (Å²) in [5.74, 6) is 0.511. The number of carbonyl (C=O) groups is 2. The van der Waals surface area contributed by atoms with E-state index < -0.39 is 0 Å². The van der Waals surface area contributed by atoms with Crippen LogP contribution in [-0.2, 0) is 9.59 Å². The Hall–Kier alpha value is -1.10. The van der Waals surface area contributed by atoms with E-state index in [1.807, 2.05) is 25.8 Å². The van der Waals surface area contributed by atoms with Crippen LogP contribution in [0, 0.1) is 11.8 Å². The van der Waals surface area contributed by atoms with Gasteiger partial charge in [-0.3, -0.25) is 9.59 Å². The monoisotopic (exact) mass is 313 g/mol. The molecule has 0 saturated carbocycles. The van der Waals surface area contributed by atoms with Gasteiger partial charge in [-0.15, -0.1) is 0 Å². The topological polar surface area (TPSA) is 61.4 Å². The highest BCUT2D eigenvalue weighted by atomic mass is 16.2. The molecule has 0 aliphatic carbocycles. The van der Waals surface area contributed by atoms with Gasteiger partial charge in [0.2, 0.25) is 11.8 Å². The normalized spacial score (nSPS) is 15.3. The Labute approximate surface area is 136 Å². The largest absolute Gasteiger partial charge is 0.346 e. The Morgan fingerprint density at radius 3 is 2.14 bits per heavy atom. The molecule has 2 unspecified atom stereocenters. The second kappa shape index (κ2) is 10.6. The van der Waals surface area contributed by atoms with Gasteiger partial charge in [0.05, 0.1) is 12.6 Å². The molecule has 0 heterocycles. The van der Waals surface area contributed by atoms with Gasteiger partial charge in [0, 0.05) is 13.1 Å². The van der Waals surface area contributed by atoms with Gasteiger partial charge in [0.15, 0.2) is 0 Å². The summed E-state index contributed by atoms with van der Waals surface area (Å²) >= 11 is 0. The maximum absolute atomic E-state index is 12.4. The Balaban J connectivity index is 4.60. The molecule has 0 aliphatic heterocycles. The van der Waals surface area contributed by atoms with E-state index in [9.17, 15) is 9.59 Å². The number of hydrogen-bond donors (Lipinski definition) is 2. The predicted octanol–water partition coefficient (Wildman–Crippen LogP) is 2.02. The lowest BCUT2D eigenvalue weighted by atomic mass is 9.94. The lowest BCUT2D eigenvalue weighted by molar-refractivity contribution is -0.135. The molecule has 3 atom stereocenters. The highest BCUT2D eigenvalue weighted by molar-refractivity contribution is 5.87. The SMILES string of the molecule is CCCC([C@@H](C)CC)N(C)C(=O)CNC(=O)C(NC)C(C)C. The summed E-state index contributed by atoms with van der Waals surface area (Å²) in [6, 6.07) is -0.0243. The van der Waals surface area contributed by atoms with E-state index in [0.29, 0.717) is 5.92 Å². The van der Waals surface area contributed by atoms with Gasteiger partial charge in [-0.05, 0) is 25.3 Å². The Bertz CT molecular complexity index is 345. The van der Waals surface area contributed by atoms with Gasteiger partial charge in [-0.1, -0.05) is 47.5 Å². The smallest absolute Gasteiger partial charge is 0.241 e. The molecule has 0 aromatic rings. The number of nitrogens with zero attached hydrogens (tertiary/aromatic N) is 1. The van der Waals surface area contributed by atoms with E-state index in [4.69, 9.17) is 0 Å². The molecule has 0 aliphatic rings. The molecule has 5 heteroatoms. The third kappa shape index (κ3) is 6.34. The molecule has 0 aromatic heterocycles. The van der Waals surface area contributed by atoms with Crippen LogP contribution in [0.5, 0.6) is 0 Å². The maximum atomic E-state index is 12.4. The standard InChI is InChI=1S/C17H35N3O2/c1-8-10-14(13(5)9-2)20(7)15(21)11-19-17(22)16(18-6)12(3)4/h12-14,16,18H,8-11H2,1-7H3,(H,19,22)/t13-,14?,16?/m0/s1. The van der Waals surface area contributed by atoms with Crippen LogP contribution >= 0.6 is 0 Å². The number of carbonyl (C=O) groups excluding carboxylic acids is 2. The van der Waals surface area contributed by atoms with E-state index >= 15 is 0 Å². The van der Waals surface area contributed by atoms with Crippen molar-refractivity contribution in [3.05, 3.63) is 0 Å². The molecule has 0 rings (SSSR count). The van der Waals surface area contributed by atoms with E-state index in [1.165, 1.54) is 0 Å². The van der Waals surface area contributed by atoms with E-state index in [0.717, 1.165) is 19.3 Å². The van der Waals surface area contributed by atoms with Crippen LogP contribution in [-0.4, -0.2) is 49.4 Å². The van der Waals surface area contributed by atoms with Crippen molar-refractivity contribution in [3.63, 3.8) is 0 Å². The summed E-state index contributed by atoms with van der Waals surface area (Å²) < 4.78 is 0. The number of hydrogen-bond acceptors (Lipinski definition) is 3. The fourth-order valence-corrected chi connectivity index (χ4v) is 2.78. The summed E-state index contributed by atoms with van der Waals surface area (Å²) in [7, 11) is 3.61. The fourth-order valence-electron chi connectivity index (χ4n) is 2.78. The summed E-state index contributed by atoms with van der Waals surface area (Å²) in [5, 5.41) is 5.74. The average Bonchev–Trinajstić information content (AvgIpc) is 2.49. The average molecular weight is 313 g/mol. The van der Waals surface area contributed by atoms with Crippen LogP contribution in [0.2, 0.25) is 0 Å². The van der Waals surface area contributed by atoms with Crippen LogP contribution in [0.1, 0.15) is 53.9 Å². The lowest BCUT2D eigenvalue weighted by Gasteiger charge is -2.33. The zero-order valence-electron chi connectivity index (χ0n) is 15.4. The first-order valence-corrected chi connectivity index (χ1v) is 8.50. The maximum Gasteiger partial charge on any atom is 0.241 e. The van der Waals surface area contributed by atoms with Crippen LogP contribution in [0.25, 0.3) is 0 Å². The Kier molecular flexibility index (Phi) is 10.1. The van der Waals surface area contributed by atoms with Crippen molar-refractivity contribution in [3.8, 4) is 0 Å². The van der Waals surface area contributed by atoms with Crippen molar-refractivity contribution in [1.29, 1.82) is 0 Å². The molecule has 0 aromatic carbocycles. The molecule has 5 nitrogen and oxygen atoms in total. The van der Waals surface area contributed by atoms with Gasteiger partial charge in [0.1, 0.15) is 0 Å². The van der Waals surface area contributed by atoms with Gasteiger partial charge in [0.25, 0.3) is 0 Å². The third-order valence-electron chi connectivity index (χ3n) is 4.45. The highest BCUT2D eigenvalue weighted by Crippen LogP contribution is 2.18. The number of nitrogens with one attached hydrogen (secondary N) is 2. The van der Waals surface area contributed by atoms with E-state index in [2.05, 4.69) is 31.4 Å². The first kappa shape index (κ1) is 20.9. The minimum atomic E-state index is -0.265. The quantitative estimate of drug-likeness (QED) is 0.648. The van der Waals surface area contributed by atoms with Crippen LogP contribution in [0.3, 0.4) is 0 Å². The van der Waals surface area contributed by atoms with E-state index in [1.54, 1.807) is 7.05 Å². The van der Waals surface area contributed by atoms with Crippen molar-refractivity contribution in [2.75, 3.05) is 20.6 Å². The number of rotatable bonds is 10. The molecule has 0 saturated heterocycles. The Morgan fingerprint density at radius 1 is 1.14 bits per heavy atom. The van der Waals surface area contributed by atoms with Crippen molar-refractivity contribution in [2.45, 2.75) is 66.0 Å². The predicted molar refractivity (Wildman–Crippen MR) is 91.6 cm³/mol. The molecule has 0 fully saturated rings. The van der Waals surface area contributed by atoms with Crippen LogP contribution in [0.15, 0.2) is 0 Å². The van der Waals surface area contributed by atoms with Gasteiger partial charge in [-0.25, -0.2) is 0 Å². The van der Waals surface area contributed by atoms with Gasteiger partial charge in [-0.2, -0.15) is 0 Å². The zero-order valence-corrected chi connectivity index (χ0v) is 15.4. The number of amides is 2. The van der Waals surface area contributed by atoms with E-state index in [-0.39, 0.29) is 36.4 Å². The molecule has 2 amide bonds. The van der Waals surface area contributed by atoms with Crippen molar-refractivity contribution in [1.82, 2.24) is 15.5 Å². The molecular weight excluding hydrogens is 278 g/mol. The minimum Gasteiger partial charge on any atom is -0.346 e. The van der Waals surface area contributed by atoms with Crippen LogP contribution < -0.4 is 10.6 Å². The molecule has 0 spiro atoms.